The first-order chi connectivity index (χ1) is 14.1. The largest absolute Gasteiger partial charge is 0.356 e. The fraction of sp³-hybridized carbons (Fsp3) is 0.286. The summed E-state index contributed by atoms with van der Waals surface area (Å²) in [7, 11) is 0. The molecule has 29 heavy (non-hydrogen) atoms. The molecule has 4 rings (SSSR count). The third-order valence-corrected chi connectivity index (χ3v) is 5.13. The van der Waals surface area contributed by atoms with E-state index in [1.165, 1.54) is 24.3 Å². The molecule has 2 amide bonds. The number of anilines is 1. The smallest absolute Gasteiger partial charge is 0.279 e. The zero-order chi connectivity index (χ0) is 20.2. The van der Waals surface area contributed by atoms with Crippen LogP contribution in [0.25, 0.3) is 11.0 Å². The molecule has 0 spiro atoms. The maximum Gasteiger partial charge on any atom is 0.279 e. The summed E-state index contributed by atoms with van der Waals surface area (Å²) in [5, 5.41) is 7.66. The molecule has 1 aromatic heterocycles. The second kappa shape index (κ2) is 8.40. The number of nitrogens with zero attached hydrogens (tertiary/aromatic N) is 2. The number of halogens is 1. The summed E-state index contributed by atoms with van der Waals surface area (Å²) in [5.41, 5.74) is 1.90. The maximum absolute atomic E-state index is 12.9. The predicted molar refractivity (Wildman–Crippen MR) is 105 cm³/mol. The highest BCUT2D eigenvalue weighted by atomic mass is 19.1. The lowest BCUT2D eigenvalue weighted by Crippen LogP contribution is -3.15. The van der Waals surface area contributed by atoms with Crippen LogP contribution in [0.3, 0.4) is 0 Å². The number of carbonyl (C=O) groups is 2. The van der Waals surface area contributed by atoms with Gasteiger partial charge < -0.3 is 19.6 Å². The molecule has 0 bridgehead atoms. The van der Waals surface area contributed by atoms with Crippen LogP contribution >= 0.6 is 0 Å². The van der Waals surface area contributed by atoms with E-state index in [1.54, 1.807) is 0 Å². The molecule has 7 nitrogen and oxygen atoms in total. The average molecular weight is 397 g/mol. The molecule has 0 aliphatic carbocycles. The Balaban J connectivity index is 1.26. The fourth-order valence-corrected chi connectivity index (χ4v) is 3.54. The molecule has 0 saturated carbocycles. The Labute approximate surface area is 167 Å². The second-order valence-corrected chi connectivity index (χ2v) is 7.16. The summed E-state index contributed by atoms with van der Waals surface area (Å²) < 4.78 is 18.2. The van der Waals surface area contributed by atoms with Crippen LogP contribution in [0.2, 0.25) is 0 Å². The molecule has 1 saturated heterocycles. The molecule has 150 valence electrons. The lowest BCUT2D eigenvalue weighted by Gasteiger charge is -2.31. The van der Waals surface area contributed by atoms with E-state index in [-0.39, 0.29) is 24.1 Å². The van der Waals surface area contributed by atoms with Gasteiger partial charge in [0.15, 0.2) is 12.1 Å². The van der Waals surface area contributed by atoms with Gasteiger partial charge in [-0.3, -0.25) is 9.59 Å². The van der Waals surface area contributed by atoms with E-state index in [0.717, 1.165) is 10.3 Å². The molecular weight excluding hydrogens is 375 g/mol. The van der Waals surface area contributed by atoms with E-state index in [0.29, 0.717) is 49.7 Å². The standard InChI is InChI=1S/C21H21FN4O3/c22-15-5-7-16(8-6-15)23-20(27)14-25-9-11-26(12-10-25)21(28)13-18-17-3-1-2-4-19(17)29-24-18/h1-8H,9-14H2,(H,23,27)/p+1. The number of quaternary nitrogens is 1. The van der Waals surface area contributed by atoms with Crippen LogP contribution in [0.4, 0.5) is 10.1 Å². The van der Waals surface area contributed by atoms with Crippen LogP contribution in [0.1, 0.15) is 5.69 Å². The highest BCUT2D eigenvalue weighted by Gasteiger charge is 2.26. The number of carbonyl (C=O) groups excluding carboxylic acids is 2. The normalized spacial score (nSPS) is 14.9. The molecule has 1 aliphatic heterocycles. The van der Waals surface area contributed by atoms with Crippen LogP contribution in [0.15, 0.2) is 53.1 Å². The fourth-order valence-electron chi connectivity index (χ4n) is 3.54. The van der Waals surface area contributed by atoms with Gasteiger partial charge in [-0.1, -0.05) is 17.3 Å². The van der Waals surface area contributed by atoms with Crippen molar-refractivity contribution in [2.75, 3.05) is 38.0 Å². The summed E-state index contributed by atoms with van der Waals surface area (Å²) >= 11 is 0. The van der Waals surface area contributed by atoms with Gasteiger partial charge in [0.05, 0.1) is 32.6 Å². The van der Waals surface area contributed by atoms with E-state index in [9.17, 15) is 14.0 Å². The first kappa shape index (κ1) is 19.1. The van der Waals surface area contributed by atoms with Crippen molar-refractivity contribution in [2.45, 2.75) is 6.42 Å². The lowest BCUT2D eigenvalue weighted by molar-refractivity contribution is -0.895. The summed E-state index contributed by atoms with van der Waals surface area (Å²) in [5.74, 6) is -0.452. The number of para-hydroxylation sites is 1. The molecule has 0 atom stereocenters. The number of hydrogen-bond acceptors (Lipinski definition) is 4. The molecule has 2 aromatic carbocycles. The molecule has 2 N–H and O–H groups in total. The zero-order valence-corrected chi connectivity index (χ0v) is 15.9. The molecule has 8 heteroatoms. The van der Waals surface area contributed by atoms with Gasteiger partial charge in [0.2, 0.25) is 5.91 Å². The Morgan fingerprint density at radius 3 is 2.59 bits per heavy atom. The number of amides is 2. The molecule has 2 heterocycles. The summed E-state index contributed by atoms with van der Waals surface area (Å²) in [6.45, 7) is 2.89. The van der Waals surface area contributed by atoms with Gasteiger partial charge in [0.1, 0.15) is 11.5 Å². The number of piperazine rings is 1. The van der Waals surface area contributed by atoms with Crippen LogP contribution in [-0.2, 0) is 16.0 Å². The van der Waals surface area contributed by atoms with Gasteiger partial charge in [0, 0.05) is 11.1 Å². The van der Waals surface area contributed by atoms with Crippen molar-refractivity contribution < 1.29 is 23.4 Å². The number of nitrogens with one attached hydrogen (secondary N) is 2. The number of rotatable bonds is 5. The zero-order valence-electron chi connectivity index (χ0n) is 15.9. The van der Waals surface area contributed by atoms with Gasteiger partial charge in [-0.15, -0.1) is 0 Å². The Morgan fingerprint density at radius 1 is 1.10 bits per heavy atom. The Bertz CT molecular complexity index is 1010. The summed E-state index contributed by atoms with van der Waals surface area (Å²) in [6.07, 6.45) is 0.206. The first-order valence-corrected chi connectivity index (χ1v) is 9.58. The van der Waals surface area contributed by atoms with E-state index in [1.807, 2.05) is 29.2 Å². The van der Waals surface area contributed by atoms with Gasteiger partial charge in [-0.2, -0.15) is 0 Å². The van der Waals surface area contributed by atoms with Crippen molar-refractivity contribution in [1.29, 1.82) is 0 Å². The lowest BCUT2D eigenvalue weighted by atomic mass is 10.1. The van der Waals surface area contributed by atoms with Gasteiger partial charge in [-0.05, 0) is 36.4 Å². The summed E-state index contributed by atoms with van der Waals surface area (Å²) in [4.78, 5) is 27.7. The molecule has 1 aliphatic rings. The van der Waals surface area contributed by atoms with Crippen molar-refractivity contribution >= 4 is 28.5 Å². The maximum atomic E-state index is 12.9. The second-order valence-electron chi connectivity index (χ2n) is 7.16. The number of aromatic nitrogens is 1. The summed E-state index contributed by atoms with van der Waals surface area (Å²) in [6, 6.07) is 13.2. The predicted octanol–water partition coefficient (Wildman–Crippen LogP) is 0.875. The van der Waals surface area contributed by atoms with Crippen LogP contribution < -0.4 is 10.2 Å². The van der Waals surface area contributed by atoms with E-state index in [4.69, 9.17) is 4.52 Å². The molecule has 3 aromatic rings. The third-order valence-electron chi connectivity index (χ3n) is 5.13. The van der Waals surface area contributed by atoms with Crippen molar-refractivity contribution in [2.24, 2.45) is 0 Å². The van der Waals surface area contributed by atoms with E-state index < -0.39 is 0 Å². The number of benzene rings is 2. The molecular formula is C21H22FN4O3+. The monoisotopic (exact) mass is 397 g/mol. The highest BCUT2D eigenvalue weighted by molar-refractivity contribution is 5.91. The van der Waals surface area contributed by atoms with Gasteiger partial charge in [-0.25, -0.2) is 4.39 Å². The van der Waals surface area contributed by atoms with Gasteiger partial charge in [0.25, 0.3) is 5.91 Å². The SMILES string of the molecule is O=C(C[NH+]1CCN(C(=O)Cc2noc3ccccc23)CC1)Nc1ccc(F)cc1. The number of hydrogen-bond donors (Lipinski definition) is 2. The topological polar surface area (TPSA) is 79.9 Å². The average Bonchev–Trinajstić information content (AvgIpc) is 3.13. The Kier molecular flexibility index (Phi) is 5.53. The molecule has 0 radical (unpaired) electrons. The molecule has 0 unspecified atom stereocenters. The highest BCUT2D eigenvalue weighted by Crippen LogP contribution is 2.18. The van der Waals surface area contributed by atoms with Crippen LogP contribution in [0.5, 0.6) is 0 Å². The van der Waals surface area contributed by atoms with E-state index >= 15 is 0 Å². The third kappa shape index (κ3) is 4.60. The minimum atomic E-state index is -0.340. The van der Waals surface area contributed by atoms with Crippen molar-refractivity contribution in [1.82, 2.24) is 10.1 Å². The molecule has 1 fully saturated rings. The van der Waals surface area contributed by atoms with Crippen LogP contribution in [-0.4, -0.2) is 54.6 Å². The van der Waals surface area contributed by atoms with Crippen LogP contribution in [0, 0.1) is 5.82 Å². The van der Waals surface area contributed by atoms with Gasteiger partial charge >= 0.3 is 0 Å². The first-order valence-electron chi connectivity index (χ1n) is 9.58. The van der Waals surface area contributed by atoms with E-state index in [2.05, 4.69) is 10.5 Å². The minimum Gasteiger partial charge on any atom is -0.356 e. The Hall–Kier alpha value is -3.26. The van der Waals surface area contributed by atoms with Crippen molar-refractivity contribution in [3.05, 3.63) is 60.0 Å². The van der Waals surface area contributed by atoms with Crippen molar-refractivity contribution in [3.8, 4) is 0 Å². The quantitative estimate of drug-likeness (QED) is 0.670. The van der Waals surface area contributed by atoms with Crippen molar-refractivity contribution in [3.63, 3.8) is 0 Å². The minimum absolute atomic E-state index is 0.0128. The number of fused-ring (bicyclic) bond motifs is 1. The Morgan fingerprint density at radius 2 is 1.83 bits per heavy atom.